The molecule has 1 atom stereocenters. The number of urea groups is 1. The number of carbonyl (C=O) groups is 3. The van der Waals surface area contributed by atoms with Crippen LogP contribution in [-0.2, 0) is 9.59 Å². The number of piperidine rings is 1. The fraction of sp³-hybridized carbons (Fsp3) is 0.667. The van der Waals surface area contributed by atoms with Crippen molar-refractivity contribution in [1.29, 1.82) is 0 Å². The number of hydrogen-bond acceptors (Lipinski definition) is 4. The number of likely N-dealkylation sites (tertiary alicyclic amines) is 1. The van der Waals surface area contributed by atoms with Gasteiger partial charge in [-0.25, -0.2) is 4.79 Å². The Hall–Kier alpha value is -1.63. The molecule has 136 valence electrons. The van der Waals surface area contributed by atoms with E-state index >= 15 is 0 Å². The van der Waals surface area contributed by atoms with Gasteiger partial charge in [0.05, 0.1) is 6.54 Å². The zero-order chi connectivity index (χ0) is 18.0. The van der Waals surface area contributed by atoms with Gasteiger partial charge in [-0.3, -0.25) is 4.79 Å². The molecule has 0 saturated carbocycles. The van der Waals surface area contributed by atoms with Crippen molar-refractivity contribution in [2.75, 3.05) is 26.2 Å². The summed E-state index contributed by atoms with van der Waals surface area (Å²) in [5.74, 6) is 0.226. The Morgan fingerprint density at radius 2 is 2.00 bits per heavy atom. The summed E-state index contributed by atoms with van der Waals surface area (Å²) in [4.78, 5) is 41.4. The van der Waals surface area contributed by atoms with E-state index in [1.807, 2.05) is 10.3 Å². The van der Waals surface area contributed by atoms with Gasteiger partial charge in [0.1, 0.15) is 5.71 Å². The van der Waals surface area contributed by atoms with Gasteiger partial charge in [0, 0.05) is 13.1 Å². The molecule has 0 bridgehead atoms. The van der Waals surface area contributed by atoms with Crippen LogP contribution in [0.2, 0.25) is 0 Å². The smallest absolute Gasteiger partial charge is 0.339 e. The molecule has 1 fully saturated rings. The van der Waals surface area contributed by atoms with E-state index in [9.17, 15) is 14.4 Å². The highest BCUT2D eigenvalue weighted by molar-refractivity contribution is 8.04. The summed E-state index contributed by atoms with van der Waals surface area (Å²) in [6.45, 7) is 6.11. The third-order valence-corrected chi connectivity index (χ3v) is 5.93. The molecule has 3 rings (SSSR count). The Labute approximate surface area is 152 Å². The van der Waals surface area contributed by atoms with Gasteiger partial charge in [0.2, 0.25) is 0 Å². The molecule has 0 N–H and O–H groups in total. The number of fused-ring (bicyclic) bond motifs is 1. The van der Waals surface area contributed by atoms with Crippen LogP contribution in [0.1, 0.15) is 39.5 Å². The zero-order valence-electron chi connectivity index (χ0n) is 14.9. The Balaban J connectivity index is 1.80. The Kier molecular flexibility index (Phi) is 5.61. The predicted octanol–water partition coefficient (Wildman–Crippen LogP) is 2.09. The predicted molar refractivity (Wildman–Crippen MR) is 97.6 cm³/mol. The molecule has 0 aromatic heterocycles. The molecule has 3 aliphatic rings. The van der Waals surface area contributed by atoms with Crippen molar-refractivity contribution in [2.24, 2.45) is 5.92 Å². The largest absolute Gasteiger partial charge is 0.501 e. The Morgan fingerprint density at radius 3 is 2.68 bits per heavy atom. The number of imide groups is 1. The van der Waals surface area contributed by atoms with Crippen LogP contribution in [0.5, 0.6) is 0 Å². The van der Waals surface area contributed by atoms with Crippen molar-refractivity contribution in [3.8, 4) is 0 Å². The molecule has 25 heavy (non-hydrogen) atoms. The molecule has 1 saturated heterocycles. The summed E-state index contributed by atoms with van der Waals surface area (Å²) >= 11 is 1.41. The number of thioether (sulfide) groups is 1. The lowest BCUT2D eigenvalue weighted by Gasteiger charge is -2.28. The minimum atomic E-state index is -0.390. The van der Waals surface area contributed by atoms with Gasteiger partial charge in [-0.15, -0.1) is 11.8 Å². The summed E-state index contributed by atoms with van der Waals surface area (Å²) in [6.07, 6.45) is 5.77. The fourth-order valence-corrected chi connectivity index (χ4v) is 4.35. The second-order valence-corrected chi connectivity index (χ2v) is 8.24. The van der Waals surface area contributed by atoms with Crippen molar-refractivity contribution in [3.05, 3.63) is 11.5 Å². The van der Waals surface area contributed by atoms with Crippen molar-refractivity contribution < 1.29 is 19.0 Å². The van der Waals surface area contributed by atoms with Gasteiger partial charge in [-0.2, -0.15) is 14.3 Å². The molecule has 0 radical (unpaired) electrons. The minimum absolute atomic E-state index is 0.0252. The number of rotatable bonds is 5. The molecule has 1 unspecified atom stereocenters. The number of hydrogen-bond donors (Lipinski definition) is 0. The lowest BCUT2D eigenvalue weighted by atomic mass is 10.1. The van der Waals surface area contributed by atoms with Gasteiger partial charge >= 0.3 is 11.9 Å². The van der Waals surface area contributed by atoms with Crippen LogP contribution in [-0.4, -0.2) is 69.4 Å². The lowest BCUT2D eigenvalue weighted by molar-refractivity contribution is -0.428. The minimum Gasteiger partial charge on any atom is -0.339 e. The average molecular weight is 364 g/mol. The van der Waals surface area contributed by atoms with E-state index in [1.165, 1.54) is 21.2 Å². The summed E-state index contributed by atoms with van der Waals surface area (Å²) in [5, 5.41) is 1.45. The average Bonchev–Trinajstić information content (AvgIpc) is 3.08. The van der Waals surface area contributed by atoms with Gasteiger partial charge < -0.3 is 4.90 Å². The van der Waals surface area contributed by atoms with Crippen LogP contribution in [0.4, 0.5) is 4.79 Å². The van der Waals surface area contributed by atoms with Crippen molar-refractivity contribution in [1.82, 2.24) is 9.80 Å². The van der Waals surface area contributed by atoms with Crippen LogP contribution in [0, 0.1) is 5.92 Å². The van der Waals surface area contributed by atoms with Crippen molar-refractivity contribution >= 4 is 35.3 Å². The van der Waals surface area contributed by atoms with E-state index in [0.29, 0.717) is 18.2 Å². The summed E-state index contributed by atoms with van der Waals surface area (Å²) in [7, 11) is 0. The first-order chi connectivity index (χ1) is 12.0. The number of amides is 4. The maximum atomic E-state index is 12.9. The topological polar surface area (TPSA) is 60.7 Å². The third-order valence-electron chi connectivity index (χ3n) is 4.92. The molecule has 0 spiro atoms. The molecule has 4 amide bonds. The van der Waals surface area contributed by atoms with Crippen LogP contribution in [0.25, 0.3) is 0 Å². The highest BCUT2D eigenvalue weighted by Crippen LogP contribution is 2.28. The zero-order valence-corrected chi connectivity index (χ0v) is 15.8. The third kappa shape index (κ3) is 3.81. The van der Waals surface area contributed by atoms with Crippen LogP contribution in [0.3, 0.4) is 0 Å². The molecule has 6 nitrogen and oxygen atoms in total. The second kappa shape index (κ2) is 7.72. The first-order valence-corrected chi connectivity index (χ1v) is 10.0. The molecular weight excluding hydrogens is 338 g/mol. The summed E-state index contributed by atoms with van der Waals surface area (Å²) < 4.78 is 1.51. The molecule has 0 aromatic carbocycles. The molecule has 0 aromatic rings. The van der Waals surface area contributed by atoms with Gasteiger partial charge in [-0.05, 0) is 43.1 Å². The van der Waals surface area contributed by atoms with Crippen molar-refractivity contribution in [2.45, 2.75) is 44.8 Å². The van der Waals surface area contributed by atoms with Crippen LogP contribution >= 0.6 is 11.8 Å². The SMILES string of the molecule is CC(C)CCN1C(=O)C2SC=CC2=[N+](CC(=O)N2CCCCC2)C1=O. The molecule has 3 aliphatic heterocycles. The van der Waals surface area contributed by atoms with Crippen LogP contribution < -0.4 is 0 Å². The highest BCUT2D eigenvalue weighted by Gasteiger charge is 2.49. The summed E-state index contributed by atoms with van der Waals surface area (Å²) in [6, 6.07) is -0.352. The van der Waals surface area contributed by atoms with Gasteiger partial charge in [0.25, 0.3) is 5.91 Å². The number of allylic oxidation sites excluding steroid dienone is 1. The van der Waals surface area contributed by atoms with Gasteiger partial charge in [0.15, 0.2) is 11.8 Å². The molecular formula is C18H26N3O3S+. The summed E-state index contributed by atoms with van der Waals surface area (Å²) in [5.41, 5.74) is 0.658. The molecule has 7 heteroatoms. The van der Waals surface area contributed by atoms with E-state index in [4.69, 9.17) is 0 Å². The number of nitrogens with zero attached hydrogens (tertiary/aromatic N) is 3. The Morgan fingerprint density at radius 1 is 1.28 bits per heavy atom. The fourth-order valence-electron chi connectivity index (χ4n) is 3.38. The van der Waals surface area contributed by atoms with E-state index in [-0.39, 0.29) is 29.6 Å². The van der Waals surface area contributed by atoms with E-state index in [2.05, 4.69) is 13.8 Å². The standard InChI is InChI=1S/C18H26N3O3S/c1-13(2)6-10-20-17(23)16-14(7-11-25-16)21(18(20)24)12-15(22)19-8-4-3-5-9-19/h7,11,13,16H,3-6,8-10,12H2,1-2H3/q+1. The van der Waals surface area contributed by atoms with E-state index in [1.54, 1.807) is 6.08 Å². The van der Waals surface area contributed by atoms with Gasteiger partial charge in [-0.1, -0.05) is 13.8 Å². The number of carbonyl (C=O) groups excluding carboxylic acids is 3. The van der Waals surface area contributed by atoms with Crippen molar-refractivity contribution in [3.63, 3.8) is 0 Å². The Bertz CT molecular complexity index is 635. The monoisotopic (exact) mass is 364 g/mol. The first-order valence-electron chi connectivity index (χ1n) is 9.08. The maximum absolute atomic E-state index is 12.9. The quantitative estimate of drug-likeness (QED) is 0.701. The highest BCUT2D eigenvalue weighted by atomic mass is 32.2. The normalized spacial score (nSPS) is 23.7. The van der Waals surface area contributed by atoms with E-state index in [0.717, 1.165) is 38.8 Å². The maximum Gasteiger partial charge on any atom is 0.501 e. The van der Waals surface area contributed by atoms with E-state index < -0.39 is 0 Å². The lowest BCUT2D eigenvalue weighted by Crippen LogP contribution is -2.57. The molecule has 3 heterocycles. The second-order valence-electron chi connectivity index (χ2n) is 7.23. The first kappa shape index (κ1) is 18.2. The van der Waals surface area contributed by atoms with Crippen LogP contribution in [0.15, 0.2) is 11.5 Å². The molecule has 0 aliphatic carbocycles.